The van der Waals surface area contributed by atoms with Crippen molar-refractivity contribution in [3.63, 3.8) is 0 Å². The van der Waals surface area contributed by atoms with E-state index in [1.165, 1.54) is 22.2 Å². The number of aromatic nitrogens is 3. The Morgan fingerprint density at radius 3 is 2.79 bits per heavy atom. The van der Waals surface area contributed by atoms with Crippen molar-refractivity contribution in [2.75, 3.05) is 6.54 Å². The van der Waals surface area contributed by atoms with Crippen molar-refractivity contribution in [3.05, 3.63) is 82.0 Å². The molecule has 0 bridgehead atoms. The second-order valence-corrected chi connectivity index (χ2v) is 7.46. The predicted octanol–water partition coefficient (Wildman–Crippen LogP) is 3.35. The normalized spacial score (nSPS) is 13.6. The van der Waals surface area contributed by atoms with E-state index >= 15 is 0 Å². The summed E-state index contributed by atoms with van der Waals surface area (Å²) in [5, 5.41) is 4.73. The number of nitrogens with one attached hydrogen (secondary N) is 1. The highest BCUT2D eigenvalue weighted by molar-refractivity contribution is 5.87. The third kappa shape index (κ3) is 2.67. The van der Waals surface area contributed by atoms with Crippen molar-refractivity contribution < 1.29 is 0 Å². The first kappa shape index (κ1) is 17.0. The molecule has 28 heavy (non-hydrogen) atoms. The van der Waals surface area contributed by atoms with Gasteiger partial charge in [0.15, 0.2) is 0 Å². The van der Waals surface area contributed by atoms with Crippen LogP contribution in [0, 0.1) is 6.92 Å². The Balaban J connectivity index is 1.59. The SMILES string of the molecule is Cc1ccc(-c2ccn(-c3ccc4c5c(n(C)c4c3)CNCC5)c(=O)c2)nc1. The first-order valence-corrected chi connectivity index (χ1v) is 9.59. The molecule has 1 N–H and O–H groups in total. The molecule has 0 radical (unpaired) electrons. The van der Waals surface area contributed by atoms with E-state index < -0.39 is 0 Å². The Morgan fingerprint density at radius 1 is 1.11 bits per heavy atom. The summed E-state index contributed by atoms with van der Waals surface area (Å²) in [7, 11) is 2.10. The van der Waals surface area contributed by atoms with Crippen LogP contribution in [0.2, 0.25) is 0 Å². The van der Waals surface area contributed by atoms with Gasteiger partial charge in [0.1, 0.15) is 0 Å². The van der Waals surface area contributed by atoms with Gasteiger partial charge in [-0.3, -0.25) is 14.3 Å². The van der Waals surface area contributed by atoms with Crippen molar-refractivity contribution in [2.24, 2.45) is 7.05 Å². The molecule has 3 aromatic heterocycles. The number of pyridine rings is 2. The molecule has 0 fully saturated rings. The minimum atomic E-state index is -0.0557. The lowest BCUT2D eigenvalue weighted by Crippen LogP contribution is -2.24. The highest BCUT2D eigenvalue weighted by Crippen LogP contribution is 2.29. The molecule has 0 atom stereocenters. The molecule has 0 spiro atoms. The Labute approximate surface area is 163 Å². The van der Waals surface area contributed by atoms with Crippen molar-refractivity contribution in [1.29, 1.82) is 0 Å². The van der Waals surface area contributed by atoms with Gasteiger partial charge in [-0.05, 0) is 55.3 Å². The van der Waals surface area contributed by atoms with E-state index in [-0.39, 0.29) is 5.56 Å². The first-order valence-electron chi connectivity index (χ1n) is 9.59. The summed E-state index contributed by atoms with van der Waals surface area (Å²) in [6.07, 6.45) is 4.70. The minimum absolute atomic E-state index is 0.0557. The van der Waals surface area contributed by atoms with Gasteiger partial charge in [0, 0.05) is 48.7 Å². The van der Waals surface area contributed by atoms with Crippen LogP contribution in [0.5, 0.6) is 0 Å². The fourth-order valence-electron chi connectivity index (χ4n) is 4.12. The van der Waals surface area contributed by atoms with Crippen molar-refractivity contribution in [2.45, 2.75) is 19.9 Å². The molecular weight excluding hydrogens is 348 g/mol. The lowest BCUT2D eigenvalue weighted by atomic mass is 10.0. The molecule has 0 saturated heterocycles. The number of benzene rings is 1. The number of aryl methyl sites for hydroxylation is 2. The molecule has 5 rings (SSSR count). The molecule has 1 aromatic carbocycles. The van der Waals surface area contributed by atoms with Crippen molar-refractivity contribution in [3.8, 4) is 16.9 Å². The number of fused-ring (bicyclic) bond motifs is 3. The minimum Gasteiger partial charge on any atom is -0.346 e. The average Bonchev–Trinajstić information content (AvgIpc) is 3.01. The highest BCUT2D eigenvalue weighted by atomic mass is 16.1. The van der Waals surface area contributed by atoms with Crippen LogP contribution in [-0.4, -0.2) is 20.7 Å². The smallest absolute Gasteiger partial charge is 0.255 e. The summed E-state index contributed by atoms with van der Waals surface area (Å²) in [6.45, 7) is 3.91. The standard InChI is InChI=1S/C23H22N4O/c1-15-3-6-20(25-13-15)16-8-10-27(23(28)11-16)17-4-5-18-19-7-9-24-14-22(19)26(2)21(18)12-17/h3-6,8,10-13,24H,7,9,14H2,1-2H3. The van der Waals surface area contributed by atoms with Crippen LogP contribution in [0.25, 0.3) is 27.8 Å². The van der Waals surface area contributed by atoms with Gasteiger partial charge in [0.25, 0.3) is 5.56 Å². The molecule has 4 heterocycles. The highest BCUT2D eigenvalue weighted by Gasteiger charge is 2.18. The summed E-state index contributed by atoms with van der Waals surface area (Å²) < 4.78 is 3.94. The van der Waals surface area contributed by atoms with Crippen LogP contribution in [0.4, 0.5) is 0 Å². The second kappa shape index (κ2) is 6.46. The van der Waals surface area contributed by atoms with E-state index in [4.69, 9.17) is 0 Å². The van der Waals surface area contributed by atoms with Crippen molar-refractivity contribution >= 4 is 10.9 Å². The Bertz CT molecular complexity index is 1250. The zero-order valence-electron chi connectivity index (χ0n) is 16.1. The lowest BCUT2D eigenvalue weighted by Gasteiger charge is -2.14. The third-order valence-electron chi connectivity index (χ3n) is 5.67. The van der Waals surface area contributed by atoms with Crippen LogP contribution in [0.3, 0.4) is 0 Å². The van der Waals surface area contributed by atoms with Gasteiger partial charge in [-0.2, -0.15) is 0 Å². The van der Waals surface area contributed by atoms with E-state index in [0.717, 1.165) is 42.0 Å². The maximum atomic E-state index is 12.8. The van der Waals surface area contributed by atoms with Gasteiger partial charge >= 0.3 is 0 Å². The van der Waals surface area contributed by atoms with Crippen molar-refractivity contribution in [1.82, 2.24) is 19.4 Å². The van der Waals surface area contributed by atoms with Crippen LogP contribution < -0.4 is 10.9 Å². The fraction of sp³-hybridized carbons (Fsp3) is 0.217. The van der Waals surface area contributed by atoms with Gasteiger partial charge < -0.3 is 9.88 Å². The molecule has 4 aromatic rings. The number of nitrogens with zero attached hydrogens (tertiary/aromatic N) is 3. The molecule has 5 nitrogen and oxygen atoms in total. The lowest BCUT2D eigenvalue weighted by molar-refractivity contribution is 0.614. The maximum Gasteiger partial charge on any atom is 0.255 e. The van der Waals surface area contributed by atoms with E-state index in [9.17, 15) is 4.79 Å². The van der Waals surface area contributed by atoms with Gasteiger partial charge in [0.2, 0.25) is 0 Å². The molecular formula is C23H22N4O. The molecule has 0 aliphatic carbocycles. The quantitative estimate of drug-likeness (QED) is 0.589. The van der Waals surface area contributed by atoms with E-state index in [1.807, 2.05) is 43.6 Å². The Morgan fingerprint density at radius 2 is 2.00 bits per heavy atom. The third-order valence-corrected chi connectivity index (χ3v) is 5.67. The maximum absolute atomic E-state index is 12.8. The van der Waals surface area contributed by atoms with Gasteiger partial charge in [-0.15, -0.1) is 0 Å². The van der Waals surface area contributed by atoms with Crippen LogP contribution in [0.15, 0.2) is 59.7 Å². The molecule has 0 saturated carbocycles. The van der Waals surface area contributed by atoms with Gasteiger partial charge in [-0.1, -0.05) is 12.1 Å². The molecule has 0 amide bonds. The molecule has 1 aliphatic rings. The summed E-state index contributed by atoms with van der Waals surface area (Å²) >= 11 is 0. The fourth-order valence-corrected chi connectivity index (χ4v) is 4.12. The van der Waals surface area contributed by atoms with Crippen LogP contribution in [0.1, 0.15) is 16.8 Å². The number of rotatable bonds is 2. The predicted molar refractivity (Wildman–Crippen MR) is 112 cm³/mol. The summed E-state index contributed by atoms with van der Waals surface area (Å²) in [6, 6.07) is 13.9. The Kier molecular flexibility index (Phi) is 3.91. The second-order valence-electron chi connectivity index (χ2n) is 7.46. The molecule has 140 valence electrons. The Hall–Kier alpha value is -3.18. The molecule has 0 unspecified atom stereocenters. The largest absolute Gasteiger partial charge is 0.346 e. The van der Waals surface area contributed by atoms with Gasteiger partial charge in [-0.25, -0.2) is 0 Å². The first-order chi connectivity index (χ1) is 13.6. The summed E-state index contributed by atoms with van der Waals surface area (Å²) in [4.78, 5) is 17.2. The van der Waals surface area contributed by atoms with Crippen LogP contribution in [-0.2, 0) is 20.0 Å². The van der Waals surface area contributed by atoms with Crippen LogP contribution >= 0.6 is 0 Å². The van der Waals surface area contributed by atoms with E-state index in [0.29, 0.717) is 0 Å². The number of hydrogen-bond donors (Lipinski definition) is 1. The van der Waals surface area contributed by atoms with E-state index in [1.54, 1.807) is 10.6 Å². The zero-order valence-corrected chi connectivity index (χ0v) is 16.1. The monoisotopic (exact) mass is 370 g/mol. The topological polar surface area (TPSA) is 51.9 Å². The number of hydrogen-bond acceptors (Lipinski definition) is 3. The molecule has 1 aliphatic heterocycles. The van der Waals surface area contributed by atoms with Gasteiger partial charge in [0.05, 0.1) is 16.9 Å². The zero-order chi connectivity index (χ0) is 19.3. The summed E-state index contributed by atoms with van der Waals surface area (Å²) in [5.74, 6) is 0. The average molecular weight is 370 g/mol. The molecule has 5 heteroatoms. The van der Waals surface area contributed by atoms with E-state index in [2.05, 4.69) is 34.0 Å². The summed E-state index contributed by atoms with van der Waals surface area (Å²) in [5.41, 5.74) is 7.51.